The van der Waals surface area contributed by atoms with E-state index in [1.807, 2.05) is 0 Å². The summed E-state index contributed by atoms with van der Waals surface area (Å²) >= 11 is 0. The molecule has 1 aliphatic rings. The van der Waals surface area contributed by atoms with Crippen LogP contribution in [0.1, 0.15) is 21.5 Å². The van der Waals surface area contributed by atoms with E-state index in [1.54, 1.807) is 12.1 Å². The summed E-state index contributed by atoms with van der Waals surface area (Å²) in [6.07, 6.45) is 1.44. The summed E-state index contributed by atoms with van der Waals surface area (Å²) in [6, 6.07) is 12.0. The summed E-state index contributed by atoms with van der Waals surface area (Å²) in [7, 11) is 0. The summed E-state index contributed by atoms with van der Waals surface area (Å²) in [4.78, 5) is 32.4. The summed E-state index contributed by atoms with van der Waals surface area (Å²) in [5.74, 6) is -2.30. The van der Waals surface area contributed by atoms with Gasteiger partial charge in [-0.15, -0.1) is 0 Å². The summed E-state index contributed by atoms with van der Waals surface area (Å²) in [6.45, 7) is 1.07. The van der Waals surface area contributed by atoms with Gasteiger partial charge in [0.15, 0.2) is 11.6 Å². The molecule has 1 fully saturated rings. The van der Waals surface area contributed by atoms with Gasteiger partial charge in [-0.05, 0) is 47.5 Å². The molecule has 3 aromatic rings. The highest BCUT2D eigenvalue weighted by Gasteiger charge is 2.30. The molecule has 0 spiro atoms. The van der Waals surface area contributed by atoms with Gasteiger partial charge in [-0.2, -0.15) is 0 Å². The van der Waals surface area contributed by atoms with Crippen molar-refractivity contribution in [1.82, 2.24) is 15.2 Å². The van der Waals surface area contributed by atoms with Crippen LogP contribution in [-0.4, -0.2) is 34.9 Å². The molecular weight excluding hydrogens is 421 g/mol. The Hall–Kier alpha value is -3.88. The van der Waals surface area contributed by atoms with Crippen LogP contribution in [-0.2, 0) is 13.1 Å². The van der Waals surface area contributed by atoms with Crippen LogP contribution in [0.4, 0.5) is 23.8 Å². The van der Waals surface area contributed by atoms with Crippen LogP contribution in [0.5, 0.6) is 0 Å². The Bertz CT molecular complexity index is 1150. The largest absolute Gasteiger partial charge is 0.348 e. The molecule has 32 heavy (non-hydrogen) atoms. The Morgan fingerprint density at radius 2 is 1.69 bits per heavy atom. The quantitative estimate of drug-likeness (QED) is 0.633. The molecule has 0 atom stereocenters. The van der Waals surface area contributed by atoms with Gasteiger partial charge in [-0.1, -0.05) is 18.2 Å². The first-order valence-electron chi connectivity index (χ1n) is 9.90. The van der Waals surface area contributed by atoms with Gasteiger partial charge in [0.2, 0.25) is 0 Å². The number of anilines is 1. The topological polar surface area (TPSA) is 65.5 Å². The van der Waals surface area contributed by atoms with E-state index in [-0.39, 0.29) is 30.8 Å². The Morgan fingerprint density at radius 3 is 2.44 bits per heavy atom. The zero-order chi connectivity index (χ0) is 22.7. The molecule has 0 radical (unpaired) electrons. The summed E-state index contributed by atoms with van der Waals surface area (Å²) in [5, 5.41) is 2.75. The summed E-state index contributed by atoms with van der Waals surface area (Å²) in [5.41, 5.74) is 1.54. The number of benzene rings is 2. The molecule has 9 heteroatoms. The molecule has 1 saturated heterocycles. The molecule has 0 saturated carbocycles. The van der Waals surface area contributed by atoms with Crippen molar-refractivity contribution in [2.45, 2.75) is 13.1 Å². The van der Waals surface area contributed by atoms with Crippen molar-refractivity contribution >= 4 is 17.8 Å². The number of hydrogen-bond acceptors (Lipinski definition) is 3. The number of amides is 3. The fourth-order valence-electron chi connectivity index (χ4n) is 3.39. The maximum absolute atomic E-state index is 13.4. The molecule has 3 amide bonds. The number of nitrogens with one attached hydrogen (secondary N) is 1. The molecule has 0 aliphatic carbocycles. The van der Waals surface area contributed by atoms with E-state index in [4.69, 9.17) is 0 Å². The lowest BCUT2D eigenvalue weighted by Gasteiger charge is -2.18. The highest BCUT2D eigenvalue weighted by Crippen LogP contribution is 2.21. The van der Waals surface area contributed by atoms with Gasteiger partial charge in [0.1, 0.15) is 11.6 Å². The molecule has 164 valence electrons. The molecule has 0 unspecified atom stereocenters. The lowest BCUT2D eigenvalue weighted by atomic mass is 10.2. The molecule has 6 nitrogen and oxygen atoms in total. The monoisotopic (exact) mass is 440 g/mol. The summed E-state index contributed by atoms with van der Waals surface area (Å²) < 4.78 is 39.6. The number of rotatable bonds is 6. The van der Waals surface area contributed by atoms with Crippen molar-refractivity contribution in [2.75, 3.05) is 18.0 Å². The van der Waals surface area contributed by atoms with E-state index in [0.717, 1.165) is 17.7 Å². The maximum atomic E-state index is 13.4. The molecule has 4 rings (SSSR count). The number of carbonyl (C=O) groups is 2. The first kappa shape index (κ1) is 21.4. The number of hydrogen-bond donors (Lipinski definition) is 1. The first-order valence-corrected chi connectivity index (χ1v) is 9.90. The number of halogens is 3. The van der Waals surface area contributed by atoms with E-state index >= 15 is 0 Å². The van der Waals surface area contributed by atoms with Crippen LogP contribution >= 0.6 is 0 Å². The number of urea groups is 1. The molecule has 2 heterocycles. The highest BCUT2D eigenvalue weighted by molar-refractivity contribution is 5.97. The molecule has 1 aliphatic heterocycles. The minimum absolute atomic E-state index is 0.129. The van der Waals surface area contributed by atoms with E-state index in [1.165, 1.54) is 46.3 Å². The second-order valence-electron chi connectivity index (χ2n) is 7.32. The van der Waals surface area contributed by atoms with Gasteiger partial charge in [0.05, 0.1) is 0 Å². The molecule has 0 bridgehead atoms. The number of carbonyl (C=O) groups excluding carboxylic acids is 2. The predicted molar refractivity (Wildman–Crippen MR) is 111 cm³/mol. The molecule has 1 N–H and O–H groups in total. The van der Waals surface area contributed by atoms with Crippen molar-refractivity contribution in [3.63, 3.8) is 0 Å². The van der Waals surface area contributed by atoms with Gasteiger partial charge in [-0.3, -0.25) is 9.69 Å². The van der Waals surface area contributed by atoms with Crippen molar-refractivity contribution in [2.24, 2.45) is 0 Å². The normalized spacial score (nSPS) is 13.5. The average Bonchev–Trinajstić information content (AvgIpc) is 3.16. The lowest BCUT2D eigenvalue weighted by Crippen LogP contribution is -2.32. The smallest absolute Gasteiger partial charge is 0.326 e. The minimum atomic E-state index is -0.966. The maximum Gasteiger partial charge on any atom is 0.326 e. The van der Waals surface area contributed by atoms with E-state index in [2.05, 4.69) is 10.3 Å². The fraction of sp³-hybridized carbons (Fsp3) is 0.174. The lowest BCUT2D eigenvalue weighted by molar-refractivity contribution is 0.0950. The molecule has 2 aromatic carbocycles. The average molecular weight is 440 g/mol. The third kappa shape index (κ3) is 4.72. The minimum Gasteiger partial charge on any atom is -0.348 e. The zero-order valence-corrected chi connectivity index (χ0v) is 16.9. The number of nitrogens with zero attached hydrogens (tertiary/aromatic N) is 3. The number of aromatic nitrogens is 1. The second kappa shape index (κ2) is 9.09. The van der Waals surface area contributed by atoms with Crippen LogP contribution in [0, 0.1) is 17.5 Å². The molecule has 1 aromatic heterocycles. The van der Waals surface area contributed by atoms with Gasteiger partial charge < -0.3 is 10.2 Å². The van der Waals surface area contributed by atoms with Crippen LogP contribution in [0.15, 0.2) is 60.8 Å². The van der Waals surface area contributed by atoms with Crippen molar-refractivity contribution in [3.8, 4) is 0 Å². The van der Waals surface area contributed by atoms with Crippen molar-refractivity contribution in [3.05, 3.63) is 94.9 Å². The van der Waals surface area contributed by atoms with Gasteiger partial charge >= 0.3 is 6.03 Å². The Kier molecular flexibility index (Phi) is 6.07. The van der Waals surface area contributed by atoms with Gasteiger partial charge in [0.25, 0.3) is 5.91 Å². The Morgan fingerprint density at radius 1 is 0.938 bits per heavy atom. The van der Waals surface area contributed by atoms with E-state index in [0.29, 0.717) is 30.0 Å². The van der Waals surface area contributed by atoms with Crippen LogP contribution in [0.3, 0.4) is 0 Å². The second-order valence-corrected chi connectivity index (χ2v) is 7.32. The SMILES string of the molecule is O=C(NCc1ccc(F)cc1)c1ccnc(N2CCN(Cc3ccc(F)c(F)c3)C2=O)c1. The van der Waals surface area contributed by atoms with Crippen molar-refractivity contribution < 1.29 is 22.8 Å². The standard InChI is InChI=1S/C23H19F3N4O2/c24-18-4-1-15(2-5-18)13-28-22(31)17-7-8-27-21(12-17)30-10-9-29(23(30)32)14-16-3-6-19(25)20(26)11-16/h1-8,11-12H,9-10,13-14H2,(H,28,31). The van der Waals surface area contributed by atoms with Crippen LogP contribution in [0.25, 0.3) is 0 Å². The molecular formula is C23H19F3N4O2. The highest BCUT2D eigenvalue weighted by atomic mass is 19.2. The van der Waals surface area contributed by atoms with Gasteiger partial charge in [0, 0.05) is 37.9 Å². The van der Waals surface area contributed by atoms with Crippen molar-refractivity contribution in [1.29, 1.82) is 0 Å². The van der Waals surface area contributed by atoms with Crippen LogP contribution < -0.4 is 10.2 Å². The Labute approximate surface area is 182 Å². The number of pyridine rings is 1. The van der Waals surface area contributed by atoms with E-state index in [9.17, 15) is 22.8 Å². The third-order valence-corrected chi connectivity index (χ3v) is 5.10. The predicted octanol–water partition coefficient (Wildman–Crippen LogP) is 3.87. The zero-order valence-electron chi connectivity index (χ0n) is 16.9. The van der Waals surface area contributed by atoms with Gasteiger partial charge in [-0.25, -0.2) is 22.9 Å². The fourth-order valence-corrected chi connectivity index (χ4v) is 3.39. The van der Waals surface area contributed by atoms with Crippen LogP contribution in [0.2, 0.25) is 0 Å². The third-order valence-electron chi connectivity index (χ3n) is 5.10. The van der Waals surface area contributed by atoms with E-state index < -0.39 is 11.6 Å². The Balaban J connectivity index is 1.41. The first-order chi connectivity index (χ1) is 15.4.